The summed E-state index contributed by atoms with van der Waals surface area (Å²) in [6.07, 6.45) is 1.80. The zero-order valence-corrected chi connectivity index (χ0v) is 10.4. The number of nitrogen functional groups attached to an aromatic ring is 1. The highest BCUT2D eigenvalue weighted by molar-refractivity contribution is 7.09. The van der Waals surface area contributed by atoms with Crippen LogP contribution in [0.1, 0.15) is 5.01 Å². The van der Waals surface area contributed by atoms with Gasteiger partial charge in [-0.2, -0.15) is 0 Å². The van der Waals surface area contributed by atoms with Gasteiger partial charge in [0.1, 0.15) is 10.8 Å². The van der Waals surface area contributed by atoms with Crippen LogP contribution in [0.25, 0.3) is 10.9 Å². The summed E-state index contributed by atoms with van der Waals surface area (Å²) in [5.41, 5.74) is 7.43. The Morgan fingerprint density at radius 1 is 1.22 bits per heavy atom. The second-order valence-electron chi connectivity index (χ2n) is 3.93. The van der Waals surface area contributed by atoms with Crippen LogP contribution in [0.2, 0.25) is 0 Å². The van der Waals surface area contributed by atoms with E-state index in [1.54, 1.807) is 17.5 Å². The van der Waals surface area contributed by atoms with Crippen LogP contribution < -0.4 is 11.1 Å². The molecule has 3 aromatic rings. The normalized spacial score (nSPS) is 10.7. The van der Waals surface area contributed by atoms with Gasteiger partial charge in [0.05, 0.1) is 12.1 Å². The van der Waals surface area contributed by atoms with Crippen LogP contribution in [-0.4, -0.2) is 9.97 Å². The Kier molecular flexibility index (Phi) is 2.82. The zero-order valence-electron chi connectivity index (χ0n) is 9.63. The van der Waals surface area contributed by atoms with Crippen molar-refractivity contribution in [1.82, 2.24) is 9.97 Å². The second kappa shape index (κ2) is 4.62. The summed E-state index contributed by atoms with van der Waals surface area (Å²) in [5.74, 6) is 0.850. The summed E-state index contributed by atoms with van der Waals surface area (Å²) in [5, 5.41) is 7.33. The summed E-state index contributed by atoms with van der Waals surface area (Å²) in [6.45, 7) is 0.700. The van der Waals surface area contributed by atoms with Gasteiger partial charge in [0.2, 0.25) is 0 Å². The molecule has 4 nitrogen and oxygen atoms in total. The molecule has 5 heteroatoms. The van der Waals surface area contributed by atoms with Gasteiger partial charge >= 0.3 is 0 Å². The third-order valence-electron chi connectivity index (χ3n) is 2.62. The third kappa shape index (κ3) is 2.26. The molecule has 2 heterocycles. The van der Waals surface area contributed by atoms with Crippen molar-refractivity contribution in [1.29, 1.82) is 0 Å². The first-order valence-electron chi connectivity index (χ1n) is 5.60. The van der Waals surface area contributed by atoms with Crippen LogP contribution >= 0.6 is 11.3 Å². The van der Waals surface area contributed by atoms with Gasteiger partial charge in [-0.25, -0.2) is 9.97 Å². The first-order chi connectivity index (χ1) is 8.81. The van der Waals surface area contributed by atoms with Crippen LogP contribution in [0.4, 0.5) is 11.5 Å². The van der Waals surface area contributed by atoms with E-state index in [4.69, 9.17) is 5.73 Å². The van der Waals surface area contributed by atoms with E-state index in [-0.39, 0.29) is 0 Å². The molecular weight excluding hydrogens is 244 g/mol. The van der Waals surface area contributed by atoms with E-state index in [2.05, 4.69) is 15.3 Å². The molecule has 0 saturated carbocycles. The number of fused-ring (bicyclic) bond motifs is 1. The lowest BCUT2D eigenvalue weighted by atomic mass is 10.2. The lowest BCUT2D eigenvalue weighted by molar-refractivity contribution is 1.09. The minimum Gasteiger partial charge on any atom is -0.399 e. The van der Waals surface area contributed by atoms with Crippen LogP contribution in [-0.2, 0) is 6.54 Å². The molecule has 0 amide bonds. The van der Waals surface area contributed by atoms with E-state index in [9.17, 15) is 0 Å². The lowest BCUT2D eigenvalue weighted by Crippen LogP contribution is -2.00. The number of nitrogens with one attached hydrogen (secondary N) is 1. The molecule has 0 spiro atoms. The van der Waals surface area contributed by atoms with Gasteiger partial charge in [-0.3, -0.25) is 0 Å². The fraction of sp³-hybridized carbons (Fsp3) is 0.0769. The maximum atomic E-state index is 5.73. The molecular formula is C13H12N4S. The van der Waals surface area contributed by atoms with E-state index in [0.717, 1.165) is 27.4 Å². The van der Waals surface area contributed by atoms with E-state index in [1.807, 2.05) is 35.7 Å². The molecule has 1 aromatic carbocycles. The number of benzene rings is 1. The fourth-order valence-electron chi connectivity index (χ4n) is 1.75. The number of rotatable bonds is 3. The largest absolute Gasteiger partial charge is 0.399 e. The number of hydrogen-bond donors (Lipinski definition) is 2. The maximum absolute atomic E-state index is 5.73. The predicted molar refractivity (Wildman–Crippen MR) is 75.6 cm³/mol. The lowest BCUT2D eigenvalue weighted by Gasteiger charge is -2.05. The smallest absolute Gasteiger partial charge is 0.127 e. The summed E-state index contributed by atoms with van der Waals surface area (Å²) in [6, 6.07) is 9.68. The Labute approximate surface area is 109 Å². The van der Waals surface area contributed by atoms with Crippen LogP contribution in [0.3, 0.4) is 0 Å². The number of hydrogen-bond acceptors (Lipinski definition) is 5. The molecule has 18 heavy (non-hydrogen) atoms. The molecule has 0 bridgehead atoms. The molecule has 0 unspecified atom stereocenters. The second-order valence-corrected chi connectivity index (χ2v) is 4.91. The van der Waals surface area contributed by atoms with Crippen LogP contribution in [0, 0.1) is 0 Å². The quantitative estimate of drug-likeness (QED) is 0.707. The Hall–Kier alpha value is -2.14. The monoisotopic (exact) mass is 256 g/mol. The first-order valence-corrected chi connectivity index (χ1v) is 6.48. The molecule has 0 aliphatic heterocycles. The first kappa shape index (κ1) is 11.0. The van der Waals surface area contributed by atoms with Crippen molar-refractivity contribution in [3.63, 3.8) is 0 Å². The van der Waals surface area contributed by atoms with E-state index < -0.39 is 0 Å². The van der Waals surface area contributed by atoms with Crippen molar-refractivity contribution < 1.29 is 0 Å². The average Bonchev–Trinajstić information content (AvgIpc) is 2.89. The molecule has 2 aromatic heterocycles. The van der Waals surface area contributed by atoms with Crippen molar-refractivity contribution in [2.24, 2.45) is 0 Å². The fourth-order valence-corrected chi connectivity index (χ4v) is 2.30. The molecule has 0 radical (unpaired) electrons. The molecule has 90 valence electrons. The maximum Gasteiger partial charge on any atom is 0.127 e. The molecule has 0 saturated heterocycles. The molecule has 3 N–H and O–H groups in total. The summed E-state index contributed by atoms with van der Waals surface area (Å²) in [4.78, 5) is 8.74. The number of aromatic nitrogens is 2. The summed E-state index contributed by atoms with van der Waals surface area (Å²) in [7, 11) is 0. The molecule has 3 rings (SSSR count). The van der Waals surface area contributed by atoms with Crippen molar-refractivity contribution >= 4 is 33.7 Å². The van der Waals surface area contributed by atoms with E-state index in [0.29, 0.717) is 6.54 Å². The van der Waals surface area contributed by atoms with E-state index in [1.165, 1.54) is 0 Å². The van der Waals surface area contributed by atoms with Crippen molar-refractivity contribution in [2.45, 2.75) is 6.54 Å². The number of thiazole rings is 1. The zero-order chi connectivity index (χ0) is 12.4. The van der Waals surface area contributed by atoms with Gasteiger partial charge in [0, 0.05) is 22.7 Å². The minimum absolute atomic E-state index is 0.700. The van der Waals surface area contributed by atoms with Crippen molar-refractivity contribution in [3.8, 4) is 0 Å². The number of anilines is 2. The third-order valence-corrected chi connectivity index (χ3v) is 3.40. The summed E-state index contributed by atoms with van der Waals surface area (Å²) >= 11 is 1.63. The highest BCUT2D eigenvalue weighted by atomic mass is 32.1. The van der Waals surface area contributed by atoms with Crippen LogP contribution in [0.15, 0.2) is 41.9 Å². The van der Waals surface area contributed by atoms with Gasteiger partial charge in [-0.05, 0) is 30.3 Å². The van der Waals surface area contributed by atoms with Gasteiger partial charge in [-0.1, -0.05) is 0 Å². The van der Waals surface area contributed by atoms with Crippen molar-refractivity contribution in [2.75, 3.05) is 11.1 Å². The van der Waals surface area contributed by atoms with Crippen molar-refractivity contribution in [3.05, 3.63) is 46.9 Å². The molecule has 0 aliphatic rings. The summed E-state index contributed by atoms with van der Waals surface area (Å²) < 4.78 is 0. The standard InChI is InChI=1S/C13H12N4S/c14-10-2-3-11-9(7-10)1-4-12(17-11)16-8-13-15-5-6-18-13/h1-7H,8,14H2,(H,16,17). The Morgan fingerprint density at radius 3 is 3.00 bits per heavy atom. The number of nitrogens with zero attached hydrogens (tertiary/aromatic N) is 2. The Morgan fingerprint density at radius 2 is 2.17 bits per heavy atom. The van der Waals surface area contributed by atoms with Gasteiger partial charge in [0.15, 0.2) is 0 Å². The Bertz CT molecular complexity index is 664. The highest BCUT2D eigenvalue weighted by Crippen LogP contribution is 2.18. The highest BCUT2D eigenvalue weighted by Gasteiger charge is 2.00. The van der Waals surface area contributed by atoms with Gasteiger partial charge in [-0.15, -0.1) is 11.3 Å². The van der Waals surface area contributed by atoms with Crippen LogP contribution in [0.5, 0.6) is 0 Å². The average molecular weight is 256 g/mol. The Balaban J connectivity index is 1.82. The SMILES string of the molecule is Nc1ccc2nc(NCc3nccs3)ccc2c1. The molecule has 0 aliphatic carbocycles. The number of pyridine rings is 1. The van der Waals surface area contributed by atoms with Gasteiger partial charge < -0.3 is 11.1 Å². The van der Waals surface area contributed by atoms with E-state index >= 15 is 0 Å². The minimum atomic E-state index is 0.700. The topological polar surface area (TPSA) is 63.8 Å². The number of nitrogens with two attached hydrogens (primary N) is 1. The molecule has 0 atom stereocenters. The predicted octanol–water partition coefficient (Wildman–Crippen LogP) is 2.89. The van der Waals surface area contributed by atoms with Gasteiger partial charge in [0.25, 0.3) is 0 Å². The molecule has 0 fully saturated rings.